The number of hydrogen-bond donors (Lipinski definition) is 0. The van der Waals surface area contributed by atoms with Crippen LogP contribution in [0.15, 0.2) is 94.7 Å². The maximum atomic E-state index is 5.99. The first-order valence-electron chi connectivity index (χ1n) is 9.87. The molecule has 0 bridgehead atoms. The van der Waals surface area contributed by atoms with Gasteiger partial charge in [0.15, 0.2) is 0 Å². The molecule has 0 heterocycles. The molecule has 0 aliphatic heterocycles. The van der Waals surface area contributed by atoms with E-state index in [1.54, 1.807) is 0 Å². The van der Waals surface area contributed by atoms with E-state index in [0.29, 0.717) is 0 Å². The zero-order chi connectivity index (χ0) is 19.2. The molecule has 3 aromatic rings. The normalized spacial score (nSPS) is 11.5. The largest absolute Gasteiger partial charge is 1.00 e. The minimum Gasteiger partial charge on any atom is -1.00 e. The second-order valence-electron chi connectivity index (χ2n) is 6.78. The van der Waals surface area contributed by atoms with Crippen LogP contribution in [0.25, 0.3) is 0 Å². The van der Waals surface area contributed by atoms with Gasteiger partial charge in [-0.2, -0.15) is 0 Å². The second-order valence-corrected chi connectivity index (χ2v) is 18.1. The Balaban J connectivity index is 0.00000280. The van der Waals surface area contributed by atoms with Crippen LogP contribution in [0.2, 0.25) is 0 Å². The molecule has 3 rings (SSSR count). The van der Waals surface area contributed by atoms with E-state index < -0.39 is 20.8 Å². The van der Waals surface area contributed by atoms with E-state index in [9.17, 15) is 0 Å². The molecule has 0 aliphatic rings. The van der Waals surface area contributed by atoms with E-state index in [1.165, 1.54) is 31.5 Å². The summed E-state index contributed by atoms with van der Waals surface area (Å²) in [4.78, 5) is 0. The topological polar surface area (TPSA) is 12.4 Å². The van der Waals surface area contributed by atoms with E-state index >= 15 is 0 Å². The number of nitrogens with zero attached hydrogens (tertiary/aromatic N) is 1. The molecule has 0 aromatic heterocycles. The third kappa shape index (κ3) is 4.56. The number of benzene rings is 3. The molecular formula is C24H30AsBrNP. The Labute approximate surface area is 184 Å². The van der Waals surface area contributed by atoms with Crippen molar-refractivity contribution in [2.24, 2.45) is 3.66 Å². The van der Waals surface area contributed by atoms with Gasteiger partial charge in [-0.1, -0.05) is 0 Å². The minimum absolute atomic E-state index is 0. The van der Waals surface area contributed by atoms with Crippen molar-refractivity contribution in [2.75, 3.05) is 18.5 Å². The molecule has 0 saturated carbocycles. The van der Waals surface area contributed by atoms with Gasteiger partial charge < -0.3 is 17.0 Å². The molecule has 28 heavy (non-hydrogen) atoms. The molecule has 0 amide bonds. The van der Waals surface area contributed by atoms with E-state index in [4.69, 9.17) is 3.66 Å². The van der Waals surface area contributed by atoms with Crippen LogP contribution in [-0.4, -0.2) is 32.3 Å². The first kappa shape index (κ1) is 23.2. The van der Waals surface area contributed by atoms with Crippen molar-refractivity contribution in [1.29, 1.82) is 0 Å². The van der Waals surface area contributed by atoms with Gasteiger partial charge in [0, 0.05) is 0 Å². The molecule has 0 unspecified atom stereocenters. The Morgan fingerprint density at radius 1 is 0.571 bits per heavy atom. The van der Waals surface area contributed by atoms with Crippen molar-refractivity contribution >= 4 is 33.9 Å². The van der Waals surface area contributed by atoms with Gasteiger partial charge in [0.05, 0.1) is 0 Å². The van der Waals surface area contributed by atoms with Gasteiger partial charge in [-0.25, -0.2) is 0 Å². The van der Waals surface area contributed by atoms with Crippen LogP contribution in [0.1, 0.15) is 20.8 Å². The smallest absolute Gasteiger partial charge is 1.00 e. The summed E-state index contributed by atoms with van der Waals surface area (Å²) in [6.07, 6.45) is 3.57. The average Bonchev–Trinajstić information content (AvgIpc) is 2.77. The van der Waals surface area contributed by atoms with E-state index in [0.717, 1.165) is 0 Å². The molecule has 148 valence electrons. The molecule has 1 nitrogen and oxygen atoms in total. The Morgan fingerprint density at radius 3 is 1.11 bits per heavy atom. The Morgan fingerprint density at radius 2 is 0.857 bits per heavy atom. The standard InChI is InChI=1S/C24H30AsNP.BrH/c1-4-27(5-2,6-3)26-25(22-16-10-7-11-17-22,23-18-12-8-13-19-23)24-20-14-9-15-21-24;/h7-21H,4-6H2,1-3H3;1H/q+1;/p-1. The van der Waals surface area contributed by atoms with Gasteiger partial charge >= 0.3 is 168 Å². The summed E-state index contributed by atoms with van der Waals surface area (Å²) < 4.78 is 10.3. The molecule has 0 atom stereocenters. The fourth-order valence-corrected chi connectivity index (χ4v) is 19.9. The van der Waals surface area contributed by atoms with E-state index in [-0.39, 0.29) is 17.0 Å². The Bertz CT molecular complexity index is 782. The van der Waals surface area contributed by atoms with Crippen molar-refractivity contribution in [3.63, 3.8) is 0 Å². The molecule has 0 saturated heterocycles. The summed E-state index contributed by atoms with van der Waals surface area (Å²) in [5.41, 5.74) is 0. The zero-order valence-electron chi connectivity index (χ0n) is 17.0. The first-order chi connectivity index (χ1) is 13.2. The Kier molecular flexibility index (Phi) is 8.81. The van der Waals surface area contributed by atoms with Gasteiger partial charge in [-0.3, -0.25) is 0 Å². The summed E-state index contributed by atoms with van der Waals surface area (Å²) in [5, 5.41) is 0. The summed E-state index contributed by atoms with van der Waals surface area (Å²) >= 11 is -2.92. The first-order valence-corrected chi connectivity index (χ1v) is 15.8. The predicted octanol–water partition coefficient (Wildman–Crippen LogP) is 1.92. The molecule has 3 aromatic carbocycles. The van der Waals surface area contributed by atoms with Crippen LogP contribution >= 0.6 is 7.05 Å². The predicted molar refractivity (Wildman–Crippen MR) is 125 cm³/mol. The summed E-state index contributed by atoms with van der Waals surface area (Å²) in [5.74, 6) is 0. The monoisotopic (exact) mass is 517 g/mol. The SMILES string of the molecule is CCP(CC)(CC)=N[As+](c1ccccc1)(c1ccccc1)c1ccccc1.[Br-]. The van der Waals surface area contributed by atoms with Crippen LogP contribution in [0.3, 0.4) is 0 Å². The average molecular weight is 518 g/mol. The summed E-state index contributed by atoms with van der Waals surface area (Å²) in [6, 6.07) is 33.3. The van der Waals surface area contributed by atoms with Gasteiger partial charge in [0.2, 0.25) is 0 Å². The molecule has 0 aliphatic carbocycles. The number of rotatable bonds is 7. The van der Waals surface area contributed by atoms with E-state index in [1.807, 2.05) is 0 Å². The maximum absolute atomic E-state index is 5.99. The van der Waals surface area contributed by atoms with Gasteiger partial charge in [0.25, 0.3) is 0 Å². The quantitative estimate of drug-likeness (QED) is 0.335. The summed E-state index contributed by atoms with van der Waals surface area (Å²) in [6.45, 7) is 7.03. The van der Waals surface area contributed by atoms with Crippen LogP contribution in [0, 0.1) is 0 Å². The van der Waals surface area contributed by atoms with Crippen molar-refractivity contribution in [3.8, 4) is 0 Å². The molecule has 0 N–H and O–H groups in total. The fourth-order valence-electron chi connectivity index (χ4n) is 3.68. The maximum Gasteiger partial charge on any atom is -1.00 e. The van der Waals surface area contributed by atoms with Crippen LogP contribution < -0.4 is 30.0 Å². The van der Waals surface area contributed by atoms with Crippen LogP contribution in [-0.2, 0) is 0 Å². The van der Waals surface area contributed by atoms with Crippen LogP contribution in [0.4, 0.5) is 0 Å². The molecular weight excluding hydrogens is 488 g/mol. The van der Waals surface area contributed by atoms with E-state index in [2.05, 4.69) is 112 Å². The van der Waals surface area contributed by atoms with Gasteiger partial charge in [0.1, 0.15) is 0 Å². The Hall–Kier alpha value is -1.07. The second kappa shape index (κ2) is 10.6. The van der Waals surface area contributed by atoms with Crippen molar-refractivity contribution in [1.82, 2.24) is 0 Å². The zero-order valence-corrected chi connectivity index (χ0v) is 21.4. The van der Waals surface area contributed by atoms with Crippen LogP contribution in [0.5, 0.6) is 0 Å². The molecule has 0 spiro atoms. The molecule has 0 radical (unpaired) electrons. The molecule has 4 heteroatoms. The van der Waals surface area contributed by atoms with Crippen molar-refractivity contribution in [3.05, 3.63) is 91.0 Å². The fraction of sp³-hybridized carbons (Fsp3) is 0.250. The molecule has 0 fully saturated rings. The van der Waals surface area contributed by atoms with Gasteiger partial charge in [-0.05, 0) is 0 Å². The third-order valence-corrected chi connectivity index (χ3v) is 20.3. The third-order valence-electron chi connectivity index (χ3n) is 5.48. The number of hydrogen-bond acceptors (Lipinski definition) is 1. The number of halogens is 1. The minimum atomic E-state index is -2.92. The van der Waals surface area contributed by atoms with Crippen molar-refractivity contribution in [2.45, 2.75) is 20.8 Å². The van der Waals surface area contributed by atoms with Crippen molar-refractivity contribution < 1.29 is 17.0 Å². The van der Waals surface area contributed by atoms with Gasteiger partial charge in [-0.15, -0.1) is 0 Å². The summed E-state index contributed by atoms with van der Waals surface area (Å²) in [7, 11) is -1.36.